The van der Waals surface area contributed by atoms with Crippen molar-refractivity contribution in [2.75, 3.05) is 24.6 Å². The van der Waals surface area contributed by atoms with Crippen molar-refractivity contribution in [2.24, 2.45) is 0 Å². The standard InChI is InChI=1S/C32H38ClN3O6S/c1-4-42-28-16-14-27(15-17-28)36(43(39,40)30-18-12-25(33)13-19-30)22-31(37)35(21-24-8-7-11-29(20-24)41-3)23(2)32(38)34-26-9-5-6-10-26/h7-8,11-20,23,26H,4-6,9-10,21-22H2,1-3H3,(H,34,38)/t23-/m0/s1. The molecule has 0 spiro atoms. The van der Waals surface area contributed by atoms with E-state index in [-0.39, 0.29) is 29.1 Å². The molecule has 0 aliphatic heterocycles. The summed E-state index contributed by atoms with van der Waals surface area (Å²) in [6.45, 7) is 3.50. The molecule has 1 saturated carbocycles. The first-order chi connectivity index (χ1) is 20.6. The van der Waals surface area contributed by atoms with Crippen molar-refractivity contribution in [3.63, 3.8) is 0 Å². The van der Waals surface area contributed by atoms with E-state index in [0.717, 1.165) is 35.6 Å². The summed E-state index contributed by atoms with van der Waals surface area (Å²) in [5, 5.41) is 3.45. The highest BCUT2D eigenvalue weighted by Crippen LogP contribution is 2.28. The van der Waals surface area contributed by atoms with Crippen molar-refractivity contribution in [2.45, 2.75) is 63.1 Å². The number of amides is 2. The quantitative estimate of drug-likeness (QED) is 0.271. The lowest BCUT2D eigenvalue weighted by Gasteiger charge is -2.32. The smallest absolute Gasteiger partial charge is 0.264 e. The fourth-order valence-electron chi connectivity index (χ4n) is 5.08. The molecule has 1 fully saturated rings. The zero-order valence-electron chi connectivity index (χ0n) is 24.7. The van der Waals surface area contributed by atoms with Crippen LogP contribution in [0.1, 0.15) is 45.1 Å². The van der Waals surface area contributed by atoms with Crippen LogP contribution in [0.25, 0.3) is 0 Å². The largest absolute Gasteiger partial charge is 0.497 e. The van der Waals surface area contributed by atoms with Crippen molar-refractivity contribution < 1.29 is 27.5 Å². The zero-order chi connectivity index (χ0) is 31.0. The van der Waals surface area contributed by atoms with Crippen LogP contribution in [0.4, 0.5) is 5.69 Å². The van der Waals surface area contributed by atoms with Gasteiger partial charge in [0.05, 0.1) is 24.3 Å². The van der Waals surface area contributed by atoms with Crippen molar-refractivity contribution in [3.8, 4) is 11.5 Å². The Kier molecular flexibility index (Phi) is 10.9. The second-order valence-corrected chi connectivity index (χ2v) is 12.7. The fourth-order valence-corrected chi connectivity index (χ4v) is 6.62. The van der Waals surface area contributed by atoms with Gasteiger partial charge in [-0.05, 0) is 92.9 Å². The molecule has 0 aromatic heterocycles. The fraction of sp³-hybridized carbons (Fsp3) is 0.375. The number of rotatable bonds is 13. The van der Waals surface area contributed by atoms with Crippen LogP contribution in [-0.2, 0) is 26.2 Å². The minimum atomic E-state index is -4.21. The molecule has 0 heterocycles. The maximum Gasteiger partial charge on any atom is 0.264 e. The predicted molar refractivity (Wildman–Crippen MR) is 167 cm³/mol. The third-order valence-electron chi connectivity index (χ3n) is 7.47. The van der Waals surface area contributed by atoms with Crippen LogP contribution < -0.4 is 19.1 Å². The number of anilines is 1. The number of nitrogens with one attached hydrogen (secondary N) is 1. The number of carbonyl (C=O) groups excluding carboxylic acids is 2. The molecule has 4 rings (SSSR count). The average molecular weight is 628 g/mol. The molecule has 3 aromatic carbocycles. The average Bonchev–Trinajstić information content (AvgIpc) is 3.52. The molecule has 0 saturated heterocycles. The summed E-state index contributed by atoms with van der Waals surface area (Å²) in [4.78, 5) is 28.9. The lowest BCUT2D eigenvalue weighted by atomic mass is 10.1. The van der Waals surface area contributed by atoms with E-state index in [4.69, 9.17) is 21.1 Å². The highest BCUT2D eigenvalue weighted by atomic mass is 35.5. The monoisotopic (exact) mass is 627 g/mol. The van der Waals surface area contributed by atoms with Crippen LogP contribution in [0, 0.1) is 0 Å². The lowest BCUT2D eigenvalue weighted by Crippen LogP contribution is -2.52. The minimum absolute atomic E-state index is 0.0232. The van der Waals surface area contributed by atoms with E-state index in [1.165, 1.54) is 29.2 Å². The Bertz CT molecular complexity index is 1490. The second-order valence-electron chi connectivity index (χ2n) is 10.4. The molecule has 230 valence electrons. The Morgan fingerprint density at radius 3 is 2.30 bits per heavy atom. The summed E-state index contributed by atoms with van der Waals surface area (Å²) in [6.07, 6.45) is 3.89. The molecule has 1 N–H and O–H groups in total. The van der Waals surface area contributed by atoms with Gasteiger partial charge in [-0.1, -0.05) is 36.6 Å². The van der Waals surface area contributed by atoms with Crippen molar-refractivity contribution in [1.82, 2.24) is 10.2 Å². The molecular formula is C32H38ClN3O6S. The van der Waals surface area contributed by atoms with Gasteiger partial charge in [0.1, 0.15) is 24.1 Å². The zero-order valence-corrected chi connectivity index (χ0v) is 26.2. The molecule has 0 unspecified atom stereocenters. The molecule has 2 amide bonds. The van der Waals surface area contributed by atoms with Gasteiger partial charge in [0.15, 0.2) is 0 Å². The van der Waals surface area contributed by atoms with E-state index in [1.54, 1.807) is 56.5 Å². The molecule has 1 atom stereocenters. The number of hydrogen-bond acceptors (Lipinski definition) is 6. The summed E-state index contributed by atoms with van der Waals surface area (Å²) in [6, 6.07) is 18.7. The summed E-state index contributed by atoms with van der Waals surface area (Å²) in [5.41, 5.74) is 1.01. The van der Waals surface area contributed by atoms with E-state index >= 15 is 0 Å². The van der Waals surface area contributed by atoms with Gasteiger partial charge in [0.2, 0.25) is 11.8 Å². The maximum absolute atomic E-state index is 14.1. The van der Waals surface area contributed by atoms with Crippen LogP contribution in [0.3, 0.4) is 0 Å². The van der Waals surface area contributed by atoms with Gasteiger partial charge in [-0.3, -0.25) is 13.9 Å². The van der Waals surface area contributed by atoms with Crippen molar-refractivity contribution in [1.29, 1.82) is 0 Å². The number of methoxy groups -OCH3 is 1. The number of carbonyl (C=O) groups is 2. The molecule has 0 radical (unpaired) electrons. The first-order valence-electron chi connectivity index (χ1n) is 14.4. The normalized spacial score (nSPS) is 14.1. The Morgan fingerprint density at radius 2 is 1.67 bits per heavy atom. The molecule has 3 aromatic rings. The summed E-state index contributed by atoms with van der Waals surface area (Å²) >= 11 is 6.03. The number of ether oxygens (including phenoxy) is 2. The predicted octanol–water partition coefficient (Wildman–Crippen LogP) is 5.42. The number of sulfonamides is 1. The maximum atomic E-state index is 14.1. The van der Waals surface area contributed by atoms with Gasteiger partial charge in [0.25, 0.3) is 10.0 Å². The van der Waals surface area contributed by atoms with E-state index in [0.29, 0.717) is 23.1 Å². The molecule has 1 aliphatic carbocycles. The molecular weight excluding hydrogens is 590 g/mol. The highest BCUT2D eigenvalue weighted by molar-refractivity contribution is 7.92. The number of hydrogen-bond donors (Lipinski definition) is 1. The van der Waals surface area contributed by atoms with E-state index in [9.17, 15) is 18.0 Å². The first-order valence-corrected chi connectivity index (χ1v) is 16.2. The third-order valence-corrected chi connectivity index (χ3v) is 9.51. The third kappa shape index (κ3) is 8.20. The second kappa shape index (κ2) is 14.6. The van der Waals surface area contributed by atoms with Crippen LogP contribution in [0.15, 0.2) is 77.7 Å². The number of benzene rings is 3. The van der Waals surface area contributed by atoms with Crippen LogP contribution in [0.2, 0.25) is 5.02 Å². The minimum Gasteiger partial charge on any atom is -0.497 e. The molecule has 11 heteroatoms. The number of halogens is 1. The lowest BCUT2D eigenvalue weighted by molar-refractivity contribution is -0.139. The molecule has 43 heavy (non-hydrogen) atoms. The number of nitrogens with zero attached hydrogens (tertiary/aromatic N) is 2. The summed E-state index contributed by atoms with van der Waals surface area (Å²) in [5.74, 6) is 0.354. The van der Waals surface area contributed by atoms with Gasteiger partial charge in [-0.25, -0.2) is 8.42 Å². The van der Waals surface area contributed by atoms with Crippen LogP contribution in [-0.4, -0.2) is 57.5 Å². The topological polar surface area (TPSA) is 105 Å². The van der Waals surface area contributed by atoms with Gasteiger partial charge < -0.3 is 19.7 Å². The van der Waals surface area contributed by atoms with Crippen LogP contribution in [0.5, 0.6) is 11.5 Å². The Morgan fingerprint density at radius 1 is 1.00 bits per heavy atom. The highest BCUT2D eigenvalue weighted by Gasteiger charge is 2.33. The Labute approximate surface area is 258 Å². The van der Waals surface area contributed by atoms with Gasteiger partial charge >= 0.3 is 0 Å². The van der Waals surface area contributed by atoms with Crippen molar-refractivity contribution >= 4 is 39.1 Å². The van der Waals surface area contributed by atoms with Gasteiger partial charge in [-0.15, -0.1) is 0 Å². The van der Waals surface area contributed by atoms with E-state index < -0.39 is 28.5 Å². The first kappa shape index (κ1) is 32.2. The molecule has 9 nitrogen and oxygen atoms in total. The van der Waals surface area contributed by atoms with E-state index in [2.05, 4.69) is 5.32 Å². The van der Waals surface area contributed by atoms with Gasteiger partial charge in [-0.2, -0.15) is 0 Å². The Balaban J connectivity index is 1.69. The molecule has 0 bridgehead atoms. The SMILES string of the molecule is CCOc1ccc(N(CC(=O)N(Cc2cccc(OC)c2)[C@@H](C)C(=O)NC2CCCC2)S(=O)(=O)c2ccc(Cl)cc2)cc1. The molecule has 1 aliphatic rings. The summed E-state index contributed by atoms with van der Waals surface area (Å²) in [7, 11) is -2.66. The summed E-state index contributed by atoms with van der Waals surface area (Å²) < 4.78 is 39.9. The van der Waals surface area contributed by atoms with Gasteiger partial charge in [0, 0.05) is 17.6 Å². The van der Waals surface area contributed by atoms with E-state index in [1.807, 2.05) is 13.0 Å². The van der Waals surface area contributed by atoms with Crippen LogP contribution >= 0.6 is 11.6 Å². The Hall–Kier alpha value is -3.76. The van der Waals surface area contributed by atoms with Crippen molar-refractivity contribution in [3.05, 3.63) is 83.4 Å².